The van der Waals surface area contributed by atoms with E-state index in [0.29, 0.717) is 29.9 Å². The molecular formula is C14H14BrFN4O2. The number of hydrogen-bond donors (Lipinski definition) is 1. The lowest BCUT2D eigenvalue weighted by Crippen LogP contribution is -2.47. The molecular weight excluding hydrogens is 355 g/mol. The normalized spacial score (nSPS) is 18.2. The minimum absolute atomic E-state index is 0.311. The summed E-state index contributed by atoms with van der Waals surface area (Å²) in [6.07, 6.45) is 0. The third-order valence-electron chi connectivity index (χ3n) is 3.81. The monoisotopic (exact) mass is 368 g/mol. The maximum Gasteiger partial charge on any atom is 0.322 e. The van der Waals surface area contributed by atoms with Crippen LogP contribution in [0.15, 0.2) is 22.7 Å². The van der Waals surface area contributed by atoms with E-state index in [0.717, 1.165) is 11.4 Å². The van der Waals surface area contributed by atoms with Crippen molar-refractivity contribution in [1.82, 2.24) is 19.7 Å². The molecule has 0 fully saturated rings. The smallest absolute Gasteiger partial charge is 0.322 e. The van der Waals surface area contributed by atoms with Gasteiger partial charge in [0.05, 0.1) is 17.6 Å². The molecule has 2 aromatic rings. The zero-order valence-corrected chi connectivity index (χ0v) is 13.4. The van der Waals surface area contributed by atoms with E-state index >= 15 is 0 Å². The predicted octanol–water partition coefficient (Wildman–Crippen LogP) is 1.96. The lowest BCUT2D eigenvalue weighted by Gasteiger charge is -2.33. The molecule has 1 aliphatic heterocycles. The average Bonchev–Trinajstić information content (AvgIpc) is 2.83. The highest BCUT2D eigenvalue weighted by atomic mass is 79.9. The van der Waals surface area contributed by atoms with Crippen molar-refractivity contribution in [1.29, 1.82) is 0 Å². The third kappa shape index (κ3) is 2.76. The second-order valence-corrected chi connectivity index (χ2v) is 6.14. The van der Waals surface area contributed by atoms with Gasteiger partial charge in [-0.1, -0.05) is 6.07 Å². The topological polar surface area (TPSA) is 71.2 Å². The van der Waals surface area contributed by atoms with Crippen LogP contribution in [0.2, 0.25) is 0 Å². The number of carboxylic acid groups (broad SMARTS) is 1. The number of halogens is 2. The number of carboxylic acids is 1. The Morgan fingerprint density at radius 1 is 1.50 bits per heavy atom. The van der Waals surface area contributed by atoms with E-state index in [-0.39, 0.29) is 5.82 Å². The molecule has 1 N–H and O–H groups in total. The fourth-order valence-corrected chi connectivity index (χ4v) is 3.06. The van der Waals surface area contributed by atoms with E-state index in [4.69, 9.17) is 0 Å². The number of benzene rings is 1. The predicted molar refractivity (Wildman–Crippen MR) is 79.5 cm³/mol. The van der Waals surface area contributed by atoms with Crippen molar-refractivity contribution in [3.05, 3.63) is 45.7 Å². The van der Waals surface area contributed by atoms with Crippen LogP contribution in [0.4, 0.5) is 4.39 Å². The van der Waals surface area contributed by atoms with Crippen LogP contribution in [0.5, 0.6) is 0 Å². The van der Waals surface area contributed by atoms with Gasteiger partial charge in [0.1, 0.15) is 23.5 Å². The molecule has 3 rings (SSSR count). The summed E-state index contributed by atoms with van der Waals surface area (Å²) in [5.74, 6) is 0.231. The van der Waals surface area contributed by atoms with E-state index in [1.165, 1.54) is 6.07 Å². The van der Waals surface area contributed by atoms with Crippen LogP contribution in [0.25, 0.3) is 0 Å². The fourth-order valence-electron chi connectivity index (χ4n) is 2.63. The summed E-state index contributed by atoms with van der Waals surface area (Å²) in [5, 5.41) is 17.6. The summed E-state index contributed by atoms with van der Waals surface area (Å²) in [4.78, 5) is 13.4. The van der Waals surface area contributed by atoms with Gasteiger partial charge in [0, 0.05) is 6.54 Å². The van der Waals surface area contributed by atoms with Gasteiger partial charge in [-0.3, -0.25) is 9.69 Å². The minimum atomic E-state index is -0.889. The summed E-state index contributed by atoms with van der Waals surface area (Å²) in [5.41, 5.74) is 0.837. The molecule has 0 saturated heterocycles. The Kier molecular flexibility index (Phi) is 3.96. The van der Waals surface area contributed by atoms with Gasteiger partial charge >= 0.3 is 5.97 Å². The summed E-state index contributed by atoms with van der Waals surface area (Å²) in [7, 11) is 0. The number of nitrogens with zero attached hydrogens (tertiary/aromatic N) is 4. The first-order valence-corrected chi connectivity index (χ1v) is 7.54. The van der Waals surface area contributed by atoms with Crippen molar-refractivity contribution in [2.45, 2.75) is 32.6 Å². The van der Waals surface area contributed by atoms with Crippen molar-refractivity contribution < 1.29 is 14.3 Å². The average molecular weight is 369 g/mol. The highest BCUT2D eigenvalue weighted by Gasteiger charge is 2.33. The first-order chi connectivity index (χ1) is 10.5. The number of aliphatic carboxylic acids is 1. The SMILES string of the molecule is Cc1nnc2n1CC(C(=O)O)N(Cc1ccc(F)c(Br)c1)C2. The van der Waals surface area contributed by atoms with E-state index in [2.05, 4.69) is 26.1 Å². The maximum atomic E-state index is 13.3. The Labute approximate surface area is 134 Å². The number of fused-ring (bicyclic) bond motifs is 1. The van der Waals surface area contributed by atoms with E-state index in [1.807, 2.05) is 16.4 Å². The van der Waals surface area contributed by atoms with Gasteiger partial charge in [-0.15, -0.1) is 10.2 Å². The van der Waals surface area contributed by atoms with Gasteiger partial charge in [-0.2, -0.15) is 0 Å². The van der Waals surface area contributed by atoms with Crippen LogP contribution in [-0.2, 0) is 24.4 Å². The third-order valence-corrected chi connectivity index (χ3v) is 4.42. The molecule has 2 heterocycles. The van der Waals surface area contributed by atoms with Crippen molar-refractivity contribution >= 4 is 21.9 Å². The molecule has 22 heavy (non-hydrogen) atoms. The number of carbonyl (C=O) groups is 1. The molecule has 1 aliphatic rings. The molecule has 0 spiro atoms. The summed E-state index contributed by atoms with van der Waals surface area (Å²) in [6, 6.07) is 4.03. The van der Waals surface area contributed by atoms with Crippen molar-refractivity contribution in [3.63, 3.8) is 0 Å². The lowest BCUT2D eigenvalue weighted by molar-refractivity contribution is -0.145. The molecule has 8 heteroatoms. The highest BCUT2D eigenvalue weighted by molar-refractivity contribution is 9.10. The van der Waals surface area contributed by atoms with Crippen LogP contribution >= 0.6 is 15.9 Å². The Balaban J connectivity index is 1.87. The van der Waals surface area contributed by atoms with Gasteiger partial charge in [-0.25, -0.2) is 4.39 Å². The second kappa shape index (κ2) is 5.77. The summed E-state index contributed by atoms with van der Waals surface area (Å²) < 4.78 is 15.5. The van der Waals surface area contributed by atoms with Crippen molar-refractivity contribution in [2.24, 2.45) is 0 Å². The summed E-state index contributed by atoms with van der Waals surface area (Å²) >= 11 is 3.15. The zero-order valence-electron chi connectivity index (χ0n) is 11.8. The molecule has 6 nitrogen and oxygen atoms in total. The van der Waals surface area contributed by atoms with E-state index in [9.17, 15) is 14.3 Å². The minimum Gasteiger partial charge on any atom is -0.480 e. The number of hydrogen-bond acceptors (Lipinski definition) is 4. The quantitative estimate of drug-likeness (QED) is 0.896. The van der Waals surface area contributed by atoms with Gasteiger partial charge in [0.2, 0.25) is 0 Å². The van der Waals surface area contributed by atoms with Gasteiger partial charge < -0.3 is 9.67 Å². The largest absolute Gasteiger partial charge is 0.480 e. The molecule has 0 radical (unpaired) electrons. The van der Waals surface area contributed by atoms with Crippen LogP contribution in [0.1, 0.15) is 17.2 Å². The molecule has 1 aromatic carbocycles. The molecule has 0 saturated carbocycles. The molecule has 1 unspecified atom stereocenters. The number of aromatic nitrogens is 3. The number of aryl methyl sites for hydroxylation is 1. The van der Waals surface area contributed by atoms with Gasteiger partial charge in [0.15, 0.2) is 0 Å². The van der Waals surface area contributed by atoms with Crippen LogP contribution < -0.4 is 0 Å². The first kappa shape index (κ1) is 15.1. The van der Waals surface area contributed by atoms with Gasteiger partial charge in [-0.05, 0) is 40.5 Å². The first-order valence-electron chi connectivity index (χ1n) is 6.75. The molecule has 1 atom stereocenters. The molecule has 0 aliphatic carbocycles. The molecule has 0 bridgehead atoms. The van der Waals surface area contributed by atoms with Crippen molar-refractivity contribution in [3.8, 4) is 0 Å². The van der Waals surface area contributed by atoms with E-state index < -0.39 is 12.0 Å². The van der Waals surface area contributed by atoms with Crippen LogP contribution in [0, 0.1) is 12.7 Å². The van der Waals surface area contributed by atoms with Gasteiger partial charge in [0.25, 0.3) is 0 Å². The Hall–Kier alpha value is -1.80. The second-order valence-electron chi connectivity index (χ2n) is 5.28. The van der Waals surface area contributed by atoms with Crippen LogP contribution in [0.3, 0.4) is 0 Å². The van der Waals surface area contributed by atoms with Crippen molar-refractivity contribution in [2.75, 3.05) is 0 Å². The Morgan fingerprint density at radius 3 is 2.95 bits per heavy atom. The molecule has 1 aromatic heterocycles. The molecule has 116 valence electrons. The number of rotatable bonds is 3. The Bertz CT molecular complexity index is 734. The highest BCUT2D eigenvalue weighted by Crippen LogP contribution is 2.23. The lowest BCUT2D eigenvalue weighted by atomic mass is 10.1. The Morgan fingerprint density at radius 2 is 2.27 bits per heavy atom. The zero-order chi connectivity index (χ0) is 15.9. The van der Waals surface area contributed by atoms with E-state index in [1.54, 1.807) is 12.1 Å². The summed E-state index contributed by atoms with van der Waals surface area (Å²) in [6.45, 7) is 2.92. The maximum absolute atomic E-state index is 13.3. The standard InChI is InChI=1S/C14H14BrFN4O2/c1-8-17-18-13-7-19(12(14(21)22)6-20(8)13)5-9-2-3-11(16)10(15)4-9/h2-4,12H,5-7H2,1H3,(H,21,22). The van der Waals surface area contributed by atoms with Crippen LogP contribution in [-0.4, -0.2) is 36.8 Å². The molecule has 0 amide bonds. The fraction of sp³-hybridized carbons (Fsp3) is 0.357.